The van der Waals surface area contributed by atoms with E-state index in [-0.39, 0.29) is 31.2 Å². The van der Waals surface area contributed by atoms with Crippen molar-refractivity contribution in [2.75, 3.05) is 18.1 Å². The average Bonchev–Trinajstić information content (AvgIpc) is 2.61. The van der Waals surface area contributed by atoms with E-state index in [1.807, 2.05) is 32.0 Å². The van der Waals surface area contributed by atoms with Crippen molar-refractivity contribution in [1.29, 1.82) is 0 Å². The number of sulfonamides is 1. The van der Waals surface area contributed by atoms with E-state index >= 15 is 0 Å². The van der Waals surface area contributed by atoms with Gasteiger partial charge in [-0.2, -0.15) is 4.31 Å². The van der Waals surface area contributed by atoms with Gasteiger partial charge in [0.2, 0.25) is 15.9 Å². The number of amides is 1. The fraction of sp³-hybridized carbons (Fsp3) is 0.350. The maximum Gasteiger partial charge on any atom is 0.225 e. The Morgan fingerprint density at radius 2 is 1.81 bits per heavy atom. The third-order valence-electron chi connectivity index (χ3n) is 4.33. The van der Waals surface area contributed by atoms with Crippen LogP contribution in [0, 0.1) is 12.7 Å². The summed E-state index contributed by atoms with van der Waals surface area (Å²) in [6.45, 7) is 4.08. The number of carbonyl (C=O) groups is 1. The highest BCUT2D eigenvalue weighted by Crippen LogP contribution is 2.21. The Labute approximate surface area is 160 Å². The van der Waals surface area contributed by atoms with E-state index in [0.717, 1.165) is 29.5 Å². The van der Waals surface area contributed by atoms with Crippen molar-refractivity contribution in [3.8, 4) is 0 Å². The normalized spacial score (nSPS) is 11.6. The number of rotatable bonds is 8. The van der Waals surface area contributed by atoms with Crippen LogP contribution in [-0.2, 0) is 27.8 Å². The Balaban J connectivity index is 2.04. The van der Waals surface area contributed by atoms with Crippen molar-refractivity contribution < 1.29 is 17.6 Å². The van der Waals surface area contributed by atoms with Crippen LogP contribution >= 0.6 is 0 Å². The third kappa shape index (κ3) is 6.15. The van der Waals surface area contributed by atoms with Crippen molar-refractivity contribution in [3.05, 3.63) is 65.0 Å². The molecule has 1 N–H and O–H groups in total. The first-order chi connectivity index (χ1) is 12.7. The highest BCUT2D eigenvalue weighted by molar-refractivity contribution is 7.88. The van der Waals surface area contributed by atoms with Gasteiger partial charge in [0.1, 0.15) is 5.82 Å². The molecule has 146 valence electrons. The molecule has 0 unspecified atom stereocenters. The minimum Gasteiger partial charge on any atom is -0.326 e. The van der Waals surface area contributed by atoms with Gasteiger partial charge in [0.15, 0.2) is 0 Å². The standard InChI is InChI=1S/C20H25FN2O3S/c1-4-17-7-5-6-15(2)20(17)22-19(24)12-13-23(27(3,25)26)14-16-8-10-18(21)11-9-16/h5-11H,4,12-14H2,1-3H3,(H,22,24). The van der Waals surface area contributed by atoms with Gasteiger partial charge in [0, 0.05) is 25.2 Å². The number of hydrogen-bond donors (Lipinski definition) is 1. The van der Waals surface area contributed by atoms with Crippen LogP contribution in [0.15, 0.2) is 42.5 Å². The fourth-order valence-corrected chi connectivity index (χ4v) is 3.59. The van der Waals surface area contributed by atoms with E-state index in [4.69, 9.17) is 0 Å². The quantitative estimate of drug-likeness (QED) is 0.748. The summed E-state index contributed by atoms with van der Waals surface area (Å²) in [4.78, 5) is 12.4. The van der Waals surface area contributed by atoms with Gasteiger partial charge in [0.25, 0.3) is 0 Å². The largest absolute Gasteiger partial charge is 0.326 e. The lowest BCUT2D eigenvalue weighted by Gasteiger charge is -2.20. The molecular formula is C20H25FN2O3S. The monoisotopic (exact) mass is 392 g/mol. The predicted octanol–water partition coefficient (Wildman–Crippen LogP) is 3.49. The zero-order chi connectivity index (χ0) is 20.0. The van der Waals surface area contributed by atoms with Gasteiger partial charge in [0.05, 0.1) is 6.26 Å². The number of nitrogens with one attached hydrogen (secondary N) is 1. The summed E-state index contributed by atoms with van der Waals surface area (Å²) in [7, 11) is -3.50. The maximum atomic E-state index is 13.0. The molecule has 1 amide bonds. The SMILES string of the molecule is CCc1cccc(C)c1NC(=O)CCN(Cc1ccc(F)cc1)S(C)(=O)=O. The minimum atomic E-state index is -3.50. The molecule has 5 nitrogen and oxygen atoms in total. The van der Waals surface area contributed by atoms with Gasteiger partial charge < -0.3 is 5.32 Å². The molecule has 0 fully saturated rings. The van der Waals surface area contributed by atoms with Crippen molar-refractivity contribution in [3.63, 3.8) is 0 Å². The van der Waals surface area contributed by atoms with Crippen molar-refractivity contribution >= 4 is 21.6 Å². The lowest BCUT2D eigenvalue weighted by atomic mass is 10.1. The van der Waals surface area contributed by atoms with Crippen LogP contribution in [-0.4, -0.2) is 31.4 Å². The van der Waals surface area contributed by atoms with Crippen LogP contribution in [0.3, 0.4) is 0 Å². The van der Waals surface area contributed by atoms with Crippen LogP contribution in [0.4, 0.5) is 10.1 Å². The summed E-state index contributed by atoms with van der Waals surface area (Å²) in [6.07, 6.45) is 1.92. The molecular weight excluding hydrogens is 367 g/mol. The lowest BCUT2D eigenvalue weighted by molar-refractivity contribution is -0.116. The number of aryl methyl sites for hydroxylation is 2. The lowest BCUT2D eigenvalue weighted by Crippen LogP contribution is -2.32. The van der Waals surface area contributed by atoms with Gasteiger partial charge >= 0.3 is 0 Å². The molecule has 0 bridgehead atoms. The first kappa shape index (κ1) is 21.1. The van der Waals surface area contributed by atoms with E-state index in [1.165, 1.54) is 28.6 Å². The number of hydrogen-bond acceptors (Lipinski definition) is 3. The summed E-state index contributed by atoms with van der Waals surface area (Å²) in [5, 5.41) is 2.90. The van der Waals surface area contributed by atoms with Crippen molar-refractivity contribution in [2.24, 2.45) is 0 Å². The van der Waals surface area contributed by atoms with Crippen LogP contribution < -0.4 is 5.32 Å². The van der Waals surface area contributed by atoms with Gasteiger partial charge in [-0.05, 0) is 42.2 Å². The first-order valence-electron chi connectivity index (χ1n) is 8.78. The summed E-state index contributed by atoms with van der Waals surface area (Å²) < 4.78 is 38.3. The second kappa shape index (κ2) is 9.10. The topological polar surface area (TPSA) is 66.5 Å². The molecule has 2 rings (SSSR count). The Kier molecular flexibility index (Phi) is 7.10. The minimum absolute atomic E-state index is 0.0335. The van der Waals surface area contributed by atoms with E-state index in [9.17, 15) is 17.6 Å². The molecule has 0 saturated heterocycles. The fourth-order valence-electron chi connectivity index (χ4n) is 2.79. The number of nitrogens with zero attached hydrogens (tertiary/aromatic N) is 1. The summed E-state index contributed by atoms with van der Waals surface area (Å²) in [6, 6.07) is 11.5. The van der Waals surface area contributed by atoms with E-state index in [0.29, 0.717) is 5.56 Å². The zero-order valence-corrected chi connectivity index (χ0v) is 16.6. The first-order valence-corrected chi connectivity index (χ1v) is 10.6. The molecule has 0 spiro atoms. The van der Waals surface area contributed by atoms with Crippen LogP contribution in [0.5, 0.6) is 0 Å². The van der Waals surface area contributed by atoms with Gasteiger partial charge in [-0.1, -0.05) is 37.3 Å². The molecule has 0 radical (unpaired) electrons. The molecule has 7 heteroatoms. The number of benzene rings is 2. The zero-order valence-electron chi connectivity index (χ0n) is 15.8. The summed E-state index contributed by atoms with van der Waals surface area (Å²) >= 11 is 0. The molecule has 2 aromatic carbocycles. The van der Waals surface area contributed by atoms with Crippen molar-refractivity contribution in [1.82, 2.24) is 4.31 Å². The van der Waals surface area contributed by atoms with Gasteiger partial charge in [-0.25, -0.2) is 12.8 Å². The number of para-hydroxylation sites is 1. The Bertz CT molecular complexity index is 896. The number of halogens is 1. The maximum absolute atomic E-state index is 13.0. The Morgan fingerprint density at radius 3 is 2.41 bits per heavy atom. The highest BCUT2D eigenvalue weighted by atomic mass is 32.2. The second-order valence-corrected chi connectivity index (χ2v) is 8.47. The van der Waals surface area contributed by atoms with Crippen molar-refractivity contribution in [2.45, 2.75) is 33.2 Å². The number of carbonyl (C=O) groups excluding carboxylic acids is 1. The molecule has 0 heterocycles. The summed E-state index contributed by atoms with van der Waals surface area (Å²) in [5.41, 5.74) is 3.45. The third-order valence-corrected chi connectivity index (χ3v) is 5.58. The van der Waals surface area contributed by atoms with Crippen LogP contribution in [0.25, 0.3) is 0 Å². The Hall–Kier alpha value is -2.25. The van der Waals surface area contributed by atoms with Gasteiger partial charge in [-0.3, -0.25) is 4.79 Å². The van der Waals surface area contributed by atoms with Crippen LogP contribution in [0.1, 0.15) is 30.0 Å². The summed E-state index contributed by atoms with van der Waals surface area (Å²) in [5.74, 6) is -0.624. The molecule has 27 heavy (non-hydrogen) atoms. The molecule has 0 aromatic heterocycles. The Morgan fingerprint density at radius 1 is 1.15 bits per heavy atom. The molecule has 0 atom stereocenters. The average molecular weight is 392 g/mol. The van der Waals surface area contributed by atoms with Gasteiger partial charge in [-0.15, -0.1) is 0 Å². The predicted molar refractivity (Wildman–Crippen MR) is 105 cm³/mol. The van der Waals surface area contributed by atoms with E-state index < -0.39 is 10.0 Å². The van der Waals surface area contributed by atoms with E-state index in [2.05, 4.69) is 5.32 Å². The molecule has 2 aromatic rings. The molecule has 0 aliphatic carbocycles. The van der Waals surface area contributed by atoms with E-state index in [1.54, 1.807) is 0 Å². The highest BCUT2D eigenvalue weighted by Gasteiger charge is 2.19. The number of anilines is 1. The smallest absolute Gasteiger partial charge is 0.225 e. The van der Waals surface area contributed by atoms with Crippen LogP contribution in [0.2, 0.25) is 0 Å². The molecule has 0 aliphatic rings. The molecule has 0 aliphatic heterocycles. The second-order valence-electron chi connectivity index (χ2n) is 6.48. The molecule has 0 saturated carbocycles.